The molecule has 61 heavy (non-hydrogen) atoms. The highest BCUT2D eigenvalue weighted by atomic mass is 15.0. The minimum Gasteiger partial charge on any atom is -0.308 e. The number of nitrogens with zero attached hydrogens (tertiary/aromatic N) is 5. The van der Waals surface area contributed by atoms with Crippen LogP contribution >= 0.6 is 0 Å². The molecule has 0 atom stereocenters. The van der Waals surface area contributed by atoms with E-state index < -0.39 is 0 Å². The molecule has 0 saturated carbocycles. The van der Waals surface area contributed by atoms with Gasteiger partial charge in [-0.1, -0.05) is 170 Å². The van der Waals surface area contributed by atoms with E-state index in [2.05, 4.69) is 156 Å². The molecule has 12 rings (SSSR count). The van der Waals surface area contributed by atoms with Crippen LogP contribution in [0.5, 0.6) is 0 Å². The standard InChI is InChI=1S/C56H35N5/c1-3-15-38(16-4-1)54-58-55(39-17-5-2-6-18-39)60-56(59-54)40-31-33-42(34-32-40)61-50-26-14-12-24-47(50)51-52(57-49-25-13-11-23-46(49)53(51)61)37-29-27-36(28-30-37)48-35-41-19-7-8-20-43(41)44-21-9-10-22-45(44)48/h1-35H. The minimum atomic E-state index is 0.624. The summed E-state index contributed by atoms with van der Waals surface area (Å²) in [6.07, 6.45) is 0. The van der Waals surface area contributed by atoms with Crippen LogP contribution in [0.15, 0.2) is 212 Å². The van der Waals surface area contributed by atoms with Gasteiger partial charge in [-0.25, -0.2) is 19.9 Å². The van der Waals surface area contributed by atoms with Gasteiger partial charge in [-0.2, -0.15) is 0 Å². The van der Waals surface area contributed by atoms with Crippen molar-refractivity contribution in [3.63, 3.8) is 0 Å². The smallest absolute Gasteiger partial charge is 0.164 e. The van der Waals surface area contributed by atoms with E-state index in [-0.39, 0.29) is 0 Å². The third-order valence-corrected chi connectivity index (χ3v) is 11.8. The zero-order valence-corrected chi connectivity index (χ0v) is 32.9. The van der Waals surface area contributed by atoms with Crippen LogP contribution in [0.4, 0.5) is 0 Å². The molecular weight excluding hydrogens is 743 g/mol. The van der Waals surface area contributed by atoms with E-state index in [9.17, 15) is 0 Å². The van der Waals surface area contributed by atoms with Crippen molar-refractivity contribution in [2.75, 3.05) is 0 Å². The van der Waals surface area contributed by atoms with Gasteiger partial charge in [0.25, 0.3) is 0 Å². The van der Waals surface area contributed by atoms with Gasteiger partial charge in [0.15, 0.2) is 17.5 Å². The maximum absolute atomic E-state index is 5.41. The van der Waals surface area contributed by atoms with Gasteiger partial charge in [0.05, 0.1) is 22.2 Å². The molecule has 0 aliphatic heterocycles. The Morgan fingerprint density at radius 1 is 0.328 bits per heavy atom. The molecule has 5 heteroatoms. The lowest BCUT2D eigenvalue weighted by Crippen LogP contribution is -2.00. The normalized spacial score (nSPS) is 11.6. The van der Waals surface area contributed by atoms with E-state index in [1.54, 1.807) is 0 Å². The van der Waals surface area contributed by atoms with Crippen LogP contribution in [0.3, 0.4) is 0 Å². The lowest BCUT2D eigenvalue weighted by Gasteiger charge is -2.13. The molecule has 0 bridgehead atoms. The zero-order valence-electron chi connectivity index (χ0n) is 32.9. The van der Waals surface area contributed by atoms with Gasteiger partial charge >= 0.3 is 0 Å². The number of hydrogen-bond acceptors (Lipinski definition) is 4. The molecule has 0 radical (unpaired) electrons. The van der Waals surface area contributed by atoms with E-state index >= 15 is 0 Å². The monoisotopic (exact) mass is 777 g/mol. The third-order valence-electron chi connectivity index (χ3n) is 11.8. The molecule has 5 nitrogen and oxygen atoms in total. The van der Waals surface area contributed by atoms with Crippen LogP contribution in [0.1, 0.15) is 0 Å². The van der Waals surface area contributed by atoms with Crippen molar-refractivity contribution in [1.29, 1.82) is 0 Å². The van der Waals surface area contributed by atoms with E-state index in [0.717, 1.165) is 66.3 Å². The fourth-order valence-corrected chi connectivity index (χ4v) is 8.96. The molecule has 0 N–H and O–H groups in total. The van der Waals surface area contributed by atoms with Crippen molar-refractivity contribution < 1.29 is 0 Å². The van der Waals surface area contributed by atoms with Gasteiger partial charge < -0.3 is 4.57 Å². The average Bonchev–Trinajstić information content (AvgIpc) is 3.70. The van der Waals surface area contributed by atoms with Gasteiger partial charge in [-0.3, -0.25) is 0 Å². The van der Waals surface area contributed by atoms with Gasteiger partial charge in [0.2, 0.25) is 0 Å². The van der Waals surface area contributed by atoms with E-state index in [0.29, 0.717) is 17.5 Å². The number of benzene rings is 9. The van der Waals surface area contributed by atoms with Crippen molar-refractivity contribution in [2.45, 2.75) is 0 Å². The molecule has 0 aliphatic carbocycles. The number of rotatable bonds is 6. The molecule has 0 fully saturated rings. The van der Waals surface area contributed by atoms with Gasteiger partial charge in [0, 0.05) is 44.1 Å². The van der Waals surface area contributed by atoms with E-state index in [4.69, 9.17) is 19.9 Å². The Bertz CT molecular complexity index is 3560. The number of para-hydroxylation sites is 2. The second-order valence-electron chi connectivity index (χ2n) is 15.4. The van der Waals surface area contributed by atoms with Gasteiger partial charge in [-0.15, -0.1) is 0 Å². The maximum atomic E-state index is 5.41. The Labute approximate surface area is 351 Å². The summed E-state index contributed by atoms with van der Waals surface area (Å²) in [6, 6.07) is 74.6. The predicted octanol–water partition coefficient (Wildman–Crippen LogP) is 14.2. The highest BCUT2D eigenvalue weighted by Gasteiger charge is 2.21. The average molecular weight is 778 g/mol. The van der Waals surface area contributed by atoms with Gasteiger partial charge in [-0.05, 0) is 75.1 Å². The Morgan fingerprint density at radius 3 is 1.49 bits per heavy atom. The molecule has 3 heterocycles. The second kappa shape index (κ2) is 14.2. The van der Waals surface area contributed by atoms with Crippen molar-refractivity contribution >= 4 is 54.3 Å². The highest BCUT2D eigenvalue weighted by Crippen LogP contribution is 2.42. The summed E-state index contributed by atoms with van der Waals surface area (Å²) in [6.45, 7) is 0. The molecular formula is C56H35N5. The van der Waals surface area contributed by atoms with Crippen molar-refractivity contribution in [1.82, 2.24) is 24.5 Å². The molecule has 0 spiro atoms. The quantitative estimate of drug-likeness (QED) is 0.158. The molecule has 0 aliphatic rings. The molecule has 9 aromatic carbocycles. The summed E-state index contributed by atoms with van der Waals surface area (Å²) in [4.78, 5) is 20.3. The number of pyridine rings is 1. The van der Waals surface area contributed by atoms with Crippen molar-refractivity contribution in [3.05, 3.63) is 212 Å². The summed E-state index contributed by atoms with van der Waals surface area (Å²) in [7, 11) is 0. The third kappa shape index (κ3) is 5.86. The summed E-state index contributed by atoms with van der Waals surface area (Å²) < 4.78 is 2.38. The van der Waals surface area contributed by atoms with Gasteiger partial charge in [0.1, 0.15) is 0 Å². The summed E-state index contributed by atoms with van der Waals surface area (Å²) in [5.41, 5.74) is 11.4. The minimum absolute atomic E-state index is 0.624. The van der Waals surface area contributed by atoms with E-state index in [1.807, 2.05) is 60.7 Å². The van der Waals surface area contributed by atoms with Crippen LogP contribution in [0, 0.1) is 0 Å². The van der Waals surface area contributed by atoms with Crippen molar-refractivity contribution in [3.8, 4) is 62.2 Å². The first-order valence-electron chi connectivity index (χ1n) is 20.6. The Kier molecular flexibility index (Phi) is 8.10. The largest absolute Gasteiger partial charge is 0.308 e. The zero-order chi connectivity index (χ0) is 40.3. The summed E-state index contributed by atoms with van der Waals surface area (Å²) in [5.74, 6) is 1.90. The molecule has 12 aromatic rings. The molecule has 284 valence electrons. The lowest BCUT2D eigenvalue weighted by atomic mass is 9.92. The number of fused-ring (bicyclic) bond motifs is 8. The Balaban J connectivity index is 1.01. The fraction of sp³-hybridized carbons (Fsp3) is 0. The Morgan fingerprint density at radius 2 is 0.820 bits per heavy atom. The maximum Gasteiger partial charge on any atom is 0.164 e. The lowest BCUT2D eigenvalue weighted by molar-refractivity contribution is 1.07. The first-order valence-corrected chi connectivity index (χ1v) is 20.6. The number of hydrogen-bond donors (Lipinski definition) is 0. The molecule has 0 unspecified atom stereocenters. The van der Waals surface area contributed by atoms with E-state index in [1.165, 1.54) is 32.7 Å². The summed E-state index contributed by atoms with van der Waals surface area (Å²) in [5, 5.41) is 8.39. The van der Waals surface area contributed by atoms with Crippen LogP contribution in [-0.4, -0.2) is 24.5 Å². The topological polar surface area (TPSA) is 56.5 Å². The SMILES string of the molecule is c1ccc(-c2nc(-c3ccccc3)nc(-c3ccc(-n4c5ccccc5c5c(-c6ccc(-c7cc8ccccc8c8ccccc78)cc6)nc6ccccc6c54)cc3)n2)cc1. The first-order chi connectivity index (χ1) is 30.2. The van der Waals surface area contributed by atoms with Crippen LogP contribution in [0.25, 0.3) is 116 Å². The van der Waals surface area contributed by atoms with Crippen LogP contribution in [0.2, 0.25) is 0 Å². The second-order valence-corrected chi connectivity index (χ2v) is 15.4. The van der Waals surface area contributed by atoms with Crippen LogP contribution in [-0.2, 0) is 0 Å². The first kappa shape index (κ1) is 34.7. The molecule has 0 saturated heterocycles. The summed E-state index contributed by atoms with van der Waals surface area (Å²) >= 11 is 0. The fourth-order valence-electron chi connectivity index (χ4n) is 8.96. The predicted molar refractivity (Wildman–Crippen MR) is 252 cm³/mol. The Hall–Kier alpha value is -8.28. The highest BCUT2D eigenvalue weighted by molar-refractivity contribution is 6.22. The van der Waals surface area contributed by atoms with Crippen LogP contribution < -0.4 is 0 Å². The number of aromatic nitrogens is 5. The molecule has 0 amide bonds. The van der Waals surface area contributed by atoms with Crippen molar-refractivity contribution in [2.24, 2.45) is 0 Å². The molecule has 3 aromatic heterocycles.